The quantitative estimate of drug-likeness (QED) is 0.164. The van der Waals surface area contributed by atoms with E-state index in [1.54, 1.807) is 43.5 Å². The van der Waals surface area contributed by atoms with E-state index >= 15 is 4.39 Å². The zero-order chi connectivity index (χ0) is 33.8. The van der Waals surface area contributed by atoms with Crippen LogP contribution in [0.15, 0.2) is 71.9 Å². The first-order valence-electron chi connectivity index (χ1n) is 15.1. The van der Waals surface area contributed by atoms with Crippen LogP contribution in [0.1, 0.15) is 52.0 Å². The van der Waals surface area contributed by atoms with Gasteiger partial charge in [0, 0.05) is 30.5 Å². The van der Waals surface area contributed by atoms with Gasteiger partial charge in [-0.2, -0.15) is 0 Å². The molecule has 0 aliphatic heterocycles. The second kappa shape index (κ2) is 14.1. The highest BCUT2D eigenvalue weighted by Crippen LogP contribution is 2.36. The van der Waals surface area contributed by atoms with Crippen molar-refractivity contribution >= 4 is 39.4 Å². The predicted molar refractivity (Wildman–Crippen MR) is 178 cm³/mol. The minimum atomic E-state index is -4.06. The van der Waals surface area contributed by atoms with Gasteiger partial charge in [-0.1, -0.05) is 23.7 Å². The Labute approximate surface area is 278 Å². The number of amides is 1. The molecule has 14 heteroatoms. The topological polar surface area (TPSA) is 144 Å². The van der Waals surface area contributed by atoms with Crippen molar-refractivity contribution in [2.75, 3.05) is 10.0 Å². The maximum absolute atomic E-state index is 15.4. The lowest BCUT2D eigenvalue weighted by atomic mass is 9.91. The molecule has 0 spiro atoms. The Bertz CT molecular complexity index is 1840. The number of rotatable bonds is 9. The molecule has 1 fully saturated rings. The van der Waals surface area contributed by atoms with Gasteiger partial charge < -0.3 is 20.1 Å². The fourth-order valence-corrected chi connectivity index (χ4v) is 6.73. The summed E-state index contributed by atoms with van der Waals surface area (Å²) in [6.45, 7) is 7.09. The van der Waals surface area contributed by atoms with Crippen LogP contribution in [0.3, 0.4) is 0 Å². The highest BCUT2D eigenvalue weighted by atomic mass is 35.5. The fraction of sp³-hybridized carbons (Fsp3) is 0.333. The van der Waals surface area contributed by atoms with E-state index in [1.807, 2.05) is 20.8 Å². The van der Waals surface area contributed by atoms with Crippen molar-refractivity contribution in [3.8, 4) is 22.9 Å². The average molecular weight is 683 g/mol. The van der Waals surface area contributed by atoms with Gasteiger partial charge >= 0.3 is 6.09 Å². The molecule has 0 radical (unpaired) electrons. The van der Waals surface area contributed by atoms with Crippen LogP contribution in [-0.2, 0) is 14.8 Å². The second-order valence-electron chi connectivity index (χ2n) is 12.2. The van der Waals surface area contributed by atoms with Gasteiger partial charge in [0.05, 0.1) is 22.0 Å². The third-order valence-electron chi connectivity index (χ3n) is 7.29. The van der Waals surface area contributed by atoms with Crippen LogP contribution in [0.4, 0.5) is 20.8 Å². The summed E-state index contributed by atoms with van der Waals surface area (Å²) in [5.41, 5.74) is 0.803. The van der Waals surface area contributed by atoms with Crippen molar-refractivity contribution in [3.63, 3.8) is 0 Å². The Hall–Kier alpha value is -4.49. The molecule has 0 atom stereocenters. The molecule has 0 unspecified atom stereocenters. The molecule has 1 amide bonds. The number of aromatic nitrogens is 3. The number of carbonyl (C=O) groups excluding carboxylic acids is 1. The van der Waals surface area contributed by atoms with Gasteiger partial charge in [0.1, 0.15) is 10.5 Å². The normalized spacial score (nSPS) is 16.6. The van der Waals surface area contributed by atoms with Crippen LogP contribution >= 0.6 is 11.6 Å². The molecule has 1 aliphatic carbocycles. The van der Waals surface area contributed by atoms with Gasteiger partial charge in [-0.25, -0.2) is 32.6 Å². The standard InChI is InChI=1S/C33H36ClFN6O5S/c1-20-18-23(41-47(43,44)28-10-6-5-9-25(28)34)19-26(35)29(20)45-30-24(8-7-16-36-30)27-15-17-37-31(40-27)38-21-11-13-22(14-12-21)39-32(42)46-33(2,3)4/h5-10,15-19,21-22,41H,11-14H2,1-4H3,(H,39,42)(H,37,38,40)/t21-,22-. The first kappa shape index (κ1) is 33.9. The number of hydrogen-bond donors (Lipinski definition) is 3. The molecule has 0 saturated heterocycles. The van der Waals surface area contributed by atoms with E-state index in [0.29, 0.717) is 22.8 Å². The summed E-state index contributed by atoms with van der Waals surface area (Å²) in [5.74, 6) is -0.384. The lowest BCUT2D eigenvalue weighted by molar-refractivity contribution is 0.0492. The lowest BCUT2D eigenvalue weighted by Gasteiger charge is -2.30. The molecule has 248 valence electrons. The molecule has 2 aromatic heterocycles. The third-order valence-corrected chi connectivity index (χ3v) is 9.17. The number of ether oxygens (including phenoxy) is 2. The number of benzene rings is 2. The maximum Gasteiger partial charge on any atom is 0.407 e. The summed E-state index contributed by atoms with van der Waals surface area (Å²) in [5, 5.41) is 6.37. The summed E-state index contributed by atoms with van der Waals surface area (Å²) < 4.78 is 54.9. The van der Waals surface area contributed by atoms with E-state index in [0.717, 1.165) is 31.7 Å². The Balaban J connectivity index is 1.27. The number of alkyl carbamates (subject to hydrolysis) is 1. The second-order valence-corrected chi connectivity index (χ2v) is 14.3. The zero-order valence-electron chi connectivity index (χ0n) is 26.4. The summed E-state index contributed by atoms with van der Waals surface area (Å²) in [4.78, 5) is 25.4. The van der Waals surface area contributed by atoms with Crippen molar-refractivity contribution in [1.82, 2.24) is 20.3 Å². The van der Waals surface area contributed by atoms with Gasteiger partial charge in [0.15, 0.2) is 11.6 Å². The van der Waals surface area contributed by atoms with E-state index in [2.05, 4.69) is 30.3 Å². The first-order chi connectivity index (χ1) is 22.3. The Morgan fingerprint density at radius 3 is 2.40 bits per heavy atom. The Kier molecular flexibility index (Phi) is 10.2. The van der Waals surface area contributed by atoms with Crippen molar-refractivity contribution in [2.45, 2.75) is 76.0 Å². The van der Waals surface area contributed by atoms with E-state index in [4.69, 9.17) is 21.1 Å². The van der Waals surface area contributed by atoms with Crippen molar-refractivity contribution in [3.05, 3.63) is 83.4 Å². The molecular weight excluding hydrogens is 647 g/mol. The van der Waals surface area contributed by atoms with Gasteiger partial charge in [-0.3, -0.25) is 4.72 Å². The summed E-state index contributed by atoms with van der Waals surface area (Å²) >= 11 is 6.06. The summed E-state index contributed by atoms with van der Waals surface area (Å²) in [6.07, 6.45) is 5.88. The van der Waals surface area contributed by atoms with Gasteiger partial charge in [-0.15, -0.1) is 0 Å². The SMILES string of the molecule is Cc1cc(NS(=O)(=O)c2ccccc2Cl)cc(F)c1Oc1ncccc1-c1ccnc(N[C@H]2CC[C@H](NC(=O)OC(C)(C)C)CC2)n1. The number of aryl methyl sites for hydroxylation is 1. The number of nitrogens with zero attached hydrogens (tertiary/aromatic N) is 3. The largest absolute Gasteiger partial charge is 0.444 e. The molecule has 2 aromatic carbocycles. The van der Waals surface area contributed by atoms with Crippen LogP contribution in [0.2, 0.25) is 5.02 Å². The van der Waals surface area contributed by atoms with Crippen LogP contribution in [0, 0.1) is 12.7 Å². The van der Waals surface area contributed by atoms with Gasteiger partial charge in [0.2, 0.25) is 11.8 Å². The molecule has 5 rings (SSSR count). The molecule has 47 heavy (non-hydrogen) atoms. The van der Waals surface area contributed by atoms with E-state index in [9.17, 15) is 13.2 Å². The molecule has 0 bridgehead atoms. The third kappa shape index (κ3) is 8.86. The number of pyridine rings is 1. The fourth-order valence-electron chi connectivity index (χ4n) is 5.17. The van der Waals surface area contributed by atoms with Crippen LogP contribution in [0.5, 0.6) is 11.6 Å². The zero-order valence-corrected chi connectivity index (χ0v) is 28.0. The predicted octanol–water partition coefficient (Wildman–Crippen LogP) is 7.48. The number of carbonyl (C=O) groups is 1. The summed E-state index contributed by atoms with van der Waals surface area (Å²) in [6, 6.07) is 13.8. The van der Waals surface area contributed by atoms with Gasteiger partial charge in [-0.05, 0) is 95.3 Å². The highest BCUT2D eigenvalue weighted by molar-refractivity contribution is 7.92. The highest BCUT2D eigenvalue weighted by Gasteiger charge is 2.26. The minimum Gasteiger partial charge on any atom is -0.444 e. The lowest BCUT2D eigenvalue weighted by Crippen LogP contribution is -2.42. The van der Waals surface area contributed by atoms with E-state index < -0.39 is 27.5 Å². The van der Waals surface area contributed by atoms with E-state index in [1.165, 1.54) is 24.4 Å². The van der Waals surface area contributed by atoms with Crippen molar-refractivity contribution < 1.29 is 27.1 Å². The molecule has 3 N–H and O–H groups in total. The smallest absolute Gasteiger partial charge is 0.407 e. The van der Waals surface area contributed by atoms with Gasteiger partial charge in [0.25, 0.3) is 10.0 Å². The Morgan fingerprint density at radius 1 is 0.979 bits per heavy atom. The monoisotopic (exact) mass is 682 g/mol. The summed E-state index contributed by atoms with van der Waals surface area (Å²) in [7, 11) is -4.06. The van der Waals surface area contributed by atoms with Crippen molar-refractivity contribution in [1.29, 1.82) is 0 Å². The number of hydrogen-bond acceptors (Lipinski definition) is 9. The van der Waals surface area contributed by atoms with E-state index in [-0.39, 0.29) is 39.3 Å². The van der Waals surface area contributed by atoms with Crippen LogP contribution in [0.25, 0.3) is 11.3 Å². The first-order valence-corrected chi connectivity index (χ1v) is 16.9. The number of sulfonamides is 1. The maximum atomic E-state index is 15.4. The van der Waals surface area contributed by atoms with Crippen molar-refractivity contribution in [2.24, 2.45) is 0 Å². The minimum absolute atomic E-state index is 0.00897. The number of anilines is 2. The van der Waals surface area contributed by atoms with Crippen LogP contribution in [-0.4, -0.2) is 47.1 Å². The van der Waals surface area contributed by atoms with Crippen LogP contribution < -0.4 is 20.1 Å². The number of halogens is 2. The molecule has 1 aliphatic rings. The molecule has 11 nitrogen and oxygen atoms in total. The molecule has 2 heterocycles. The Morgan fingerprint density at radius 2 is 1.70 bits per heavy atom. The molecule has 4 aromatic rings. The molecule has 1 saturated carbocycles. The number of nitrogens with one attached hydrogen (secondary N) is 3. The molecular formula is C33H36ClFN6O5S. The average Bonchev–Trinajstić information content (AvgIpc) is 2.99.